The quantitative estimate of drug-likeness (QED) is 0.586. The molecule has 0 unspecified atom stereocenters. The zero-order chi connectivity index (χ0) is 23.4. The lowest BCUT2D eigenvalue weighted by molar-refractivity contribution is -0.146. The van der Waals surface area contributed by atoms with Crippen LogP contribution in [0, 0.1) is 5.92 Å². The molecular weight excluding hydrogens is 420 g/mol. The molecule has 1 aromatic carbocycles. The van der Waals surface area contributed by atoms with Crippen LogP contribution in [-0.2, 0) is 21.4 Å². The maximum Gasteiger partial charge on any atom is 0.262 e. The van der Waals surface area contributed by atoms with Gasteiger partial charge in [0.15, 0.2) is 0 Å². The fourth-order valence-electron chi connectivity index (χ4n) is 4.36. The monoisotopic (exact) mass is 452 g/mol. The van der Waals surface area contributed by atoms with Gasteiger partial charge in [-0.1, -0.05) is 18.6 Å². The third kappa shape index (κ3) is 4.95. The summed E-state index contributed by atoms with van der Waals surface area (Å²) in [5, 5.41) is 6.30. The van der Waals surface area contributed by atoms with Gasteiger partial charge >= 0.3 is 0 Å². The summed E-state index contributed by atoms with van der Waals surface area (Å²) in [6.45, 7) is 0.785. The molecule has 2 heterocycles. The summed E-state index contributed by atoms with van der Waals surface area (Å²) in [7, 11) is 5.20. The van der Waals surface area contributed by atoms with E-state index in [2.05, 4.69) is 0 Å². The van der Waals surface area contributed by atoms with E-state index in [1.54, 1.807) is 24.1 Å². The van der Waals surface area contributed by atoms with Gasteiger partial charge in [0.2, 0.25) is 5.91 Å². The van der Waals surface area contributed by atoms with Crippen molar-refractivity contribution in [1.29, 1.82) is 0 Å². The molecule has 0 bridgehead atoms. The molecule has 2 aromatic rings. The summed E-state index contributed by atoms with van der Waals surface area (Å²) in [5.74, 6) is 0.630. The Kier molecular flexibility index (Phi) is 7.13. The van der Waals surface area contributed by atoms with Crippen LogP contribution in [0.3, 0.4) is 0 Å². The largest absolute Gasteiger partial charge is 0.497 e. The fraction of sp³-hybridized carbons (Fsp3) is 0.480. The van der Waals surface area contributed by atoms with E-state index in [1.807, 2.05) is 54.2 Å². The number of carbonyl (C=O) groups is 2. The number of aromatic nitrogens is 1. The summed E-state index contributed by atoms with van der Waals surface area (Å²) in [4.78, 5) is 28.1. The number of amides is 2. The number of hydrazone groups is 1. The van der Waals surface area contributed by atoms with Gasteiger partial charge in [-0.3, -0.25) is 9.59 Å². The van der Waals surface area contributed by atoms with Crippen molar-refractivity contribution in [3.8, 4) is 5.75 Å². The first-order valence-corrected chi connectivity index (χ1v) is 11.4. The smallest absolute Gasteiger partial charge is 0.262 e. The molecule has 8 nitrogen and oxygen atoms in total. The first-order chi connectivity index (χ1) is 16.0. The van der Waals surface area contributed by atoms with Crippen molar-refractivity contribution in [2.75, 3.05) is 33.9 Å². The topological polar surface area (TPSA) is 76.4 Å². The van der Waals surface area contributed by atoms with Crippen LogP contribution in [0.1, 0.15) is 43.0 Å². The number of hydrogen-bond acceptors (Lipinski definition) is 5. The normalized spacial score (nSPS) is 18.1. The fourth-order valence-corrected chi connectivity index (χ4v) is 4.36. The third-order valence-electron chi connectivity index (χ3n) is 6.56. The summed E-state index contributed by atoms with van der Waals surface area (Å²) in [6.07, 6.45) is 5.42. The maximum absolute atomic E-state index is 13.5. The second-order valence-corrected chi connectivity index (χ2v) is 8.66. The number of methoxy groups -OCH3 is 2. The number of ether oxygens (including phenoxy) is 2. The summed E-state index contributed by atoms with van der Waals surface area (Å²) < 4.78 is 12.5. The molecule has 1 aliphatic carbocycles. The van der Waals surface area contributed by atoms with Crippen LogP contribution in [0.15, 0.2) is 47.7 Å². The minimum atomic E-state index is -0.239. The predicted molar refractivity (Wildman–Crippen MR) is 125 cm³/mol. The van der Waals surface area contributed by atoms with E-state index in [9.17, 15) is 9.59 Å². The molecule has 1 saturated carbocycles. The van der Waals surface area contributed by atoms with E-state index >= 15 is 0 Å². The van der Waals surface area contributed by atoms with Crippen molar-refractivity contribution in [3.63, 3.8) is 0 Å². The van der Waals surface area contributed by atoms with Crippen molar-refractivity contribution < 1.29 is 19.1 Å². The molecule has 1 aromatic heterocycles. The van der Waals surface area contributed by atoms with Gasteiger partial charge in [0, 0.05) is 39.2 Å². The van der Waals surface area contributed by atoms with E-state index in [0.717, 1.165) is 42.0 Å². The molecular formula is C25H32N4O4. The molecule has 1 fully saturated rings. The number of carbonyl (C=O) groups excluding carboxylic acids is 2. The number of aryl methyl sites for hydroxylation is 1. The standard InChI is InChI=1S/C25H32N4O4/c1-27-13-5-8-22(27)21-16-23(18-9-11-20(33-3)12-10-18)29(26-21)24(30)17-28(14-15-32-2)25(31)19-6-4-7-19/h5,8-13,19,23H,4,6-7,14-17H2,1-3H3/t23-/m0/s1. The highest BCUT2D eigenvalue weighted by atomic mass is 16.5. The van der Waals surface area contributed by atoms with Crippen molar-refractivity contribution >= 4 is 17.5 Å². The van der Waals surface area contributed by atoms with Crippen molar-refractivity contribution in [2.24, 2.45) is 18.1 Å². The van der Waals surface area contributed by atoms with E-state index in [0.29, 0.717) is 19.6 Å². The second-order valence-electron chi connectivity index (χ2n) is 8.66. The van der Waals surface area contributed by atoms with E-state index in [4.69, 9.17) is 14.6 Å². The number of hydrogen-bond donors (Lipinski definition) is 0. The van der Waals surface area contributed by atoms with Crippen LogP contribution < -0.4 is 4.74 Å². The molecule has 4 rings (SSSR count). The van der Waals surface area contributed by atoms with Crippen LogP contribution in [0.25, 0.3) is 0 Å². The summed E-state index contributed by atoms with van der Waals surface area (Å²) in [6, 6.07) is 11.5. The third-order valence-corrected chi connectivity index (χ3v) is 6.56. The van der Waals surface area contributed by atoms with E-state index in [-0.39, 0.29) is 30.3 Å². The average molecular weight is 453 g/mol. The second kappa shape index (κ2) is 10.2. The Bertz CT molecular complexity index is 1010. The van der Waals surface area contributed by atoms with Crippen LogP contribution in [0.2, 0.25) is 0 Å². The highest BCUT2D eigenvalue weighted by molar-refractivity contribution is 6.02. The van der Waals surface area contributed by atoms with Gasteiger partial charge in [0.25, 0.3) is 5.91 Å². The molecule has 1 atom stereocenters. The van der Waals surface area contributed by atoms with Crippen molar-refractivity contribution in [2.45, 2.75) is 31.7 Å². The number of rotatable bonds is 9. The minimum Gasteiger partial charge on any atom is -0.497 e. The van der Waals surface area contributed by atoms with Crippen molar-refractivity contribution in [1.82, 2.24) is 14.5 Å². The lowest BCUT2D eigenvalue weighted by atomic mass is 9.84. The number of benzene rings is 1. The molecule has 0 saturated heterocycles. The van der Waals surface area contributed by atoms with Crippen molar-refractivity contribution in [3.05, 3.63) is 53.9 Å². The van der Waals surface area contributed by atoms with Gasteiger partial charge in [0.1, 0.15) is 12.3 Å². The highest BCUT2D eigenvalue weighted by Gasteiger charge is 2.36. The Labute approximate surface area is 194 Å². The first-order valence-electron chi connectivity index (χ1n) is 11.4. The van der Waals surface area contributed by atoms with Crippen LogP contribution in [-0.4, -0.2) is 65.9 Å². The molecule has 1 aliphatic heterocycles. The first kappa shape index (κ1) is 23.0. The highest BCUT2D eigenvalue weighted by Crippen LogP contribution is 2.34. The molecule has 2 amide bonds. The molecule has 0 N–H and O–H groups in total. The Morgan fingerprint density at radius 1 is 1.15 bits per heavy atom. The van der Waals surface area contributed by atoms with Gasteiger partial charge < -0.3 is 18.9 Å². The van der Waals surface area contributed by atoms with Gasteiger partial charge in [-0.15, -0.1) is 0 Å². The Balaban J connectivity index is 1.59. The molecule has 33 heavy (non-hydrogen) atoms. The van der Waals surface area contributed by atoms with Crippen LogP contribution >= 0.6 is 0 Å². The van der Waals surface area contributed by atoms with Crippen LogP contribution in [0.4, 0.5) is 0 Å². The molecule has 8 heteroatoms. The van der Waals surface area contributed by atoms with Crippen LogP contribution in [0.5, 0.6) is 5.75 Å². The molecule has 2 aliphatic rings. The zero-order valence-electron chi connectivity index (χ0n) is 19.6. The zero-order valence-corrected chi connectivity index (χ0v) is 19.6. The maximum atomic E-state index is 13.5. The minimum absolute atomic E-state index is 0.00470. The lowest BCUT2D eigenvalue weighted by Crippen LogP contribution is -2.46. The van der Waals surface area contributed by atoms with Gasteiger partial charge in [-0.2, -0.15) is 5.10 Å². The Morgan fingerprint density at radius 2 is 1.91 bits per heavy atom. The molecule has 0 spiro atoms. The Morgan fingerprint density at radius 3 is 2.48 bits per heavy atom. The number of nitrogens with zero attached hydrogens (tertiary/aromatic N) is 4. The molecule has 0 radical (unpaired) electrons. The Hall–Kier alpha value is -3.13. The van der Waals surface area contributed by atoms with Gasteiger partial charge in [-0.05, 0) is 42.7 Å². The van der Waals surface area contributed by atoms with E-state index in [1.165, 1.54) is 0 Å². The lowest BCUT2D eigenvalue weighted by Gasteiger charge is -2.32. The van der Waals surface area contributed by atoms with Gasteiger partial charge in [-0.25, -0.2) is 5.01 Å². The summed E-state index contributed by atoms with van der Waals surface area (Å²) >= 11 is 0. The summed E-state index contributed by atoms with van der Waals surface area (Å²) in [5.41, 5.74) is 2.81. The average Bonchev–Trinajstić information content (AvgIpc) is 3.41. The predicted octanol–water partition coefficient (Wildman–Crippen LogP) is 2.99. The van der Waals surface area contributed by atoms with E-state index < -0.39 is 0 Å². The SMILES string of the molecule is COCCN(CC(=O)N1N=C(c2cccn2C)C[C@H]1c1ccc(OC)cc1)C(=O)C1CCC1. The molecule has 176 valence electrons. The van der Waals surface area contributed by atoms with Gasteiger partial charge in [0.05, 0.1) is 31.2 Å².